The first kappa shape index (κ1) is 13.1. The summed E-state index contributed by atoms with van der Waals surface area (Å²) >= 11 is 8.02. The Morgan fingerprint density at radius 3 is 3.11 bits per heavy atom. The van der Waals surface area contributed by atoms with Crippen molar-refractivity contribution in [3.63, 3.8) is 0 Å². The average Bonchev–Trinajstić information content (AvgIpc) is 2.65. The third-order valence-corrected chi connectivity index (χ3v) is 4.82. The Kier molecular flexibility index (Phi) is 3.86. The topological polar surface area (TPSA) is 41.1 Å². The lowest BCUT2D eigenvalue weighted by atomic mass is 10.3. The molecule has 102 valence electrons. The van der Waals surface area contributed by atoms with Crippen molar-refractivity contribution in [1.82, 2.24) is 15.3 Å². The van der Waals surface area contributed by atoms with Crippen LogP contribution in [0.4, 0.5) is 5.95 Å². The van der Waals surface area contributed by atoms with Crippen LogP contribution >= 0.6 is 22.9 Å². The number of hydrogen-bond acceptors (Lipinski definition) is 5. The highest BCUT2D eigenvalue weighted by Gasteiger charge is 2.16. The largest absolute Gasteiger partial charge is 0.339 e. The summed E-state index contributed by atoms with van der Waals surface area (Å²) in [6, 6.07) is 2.11. The standard InChI is InChI=1S/C13H17ClN4S/c1-2-9-8-10-11(14)16-13(17-12(10)19-9)18-6-3-4-15-5-7-18/h8,15H,2-7H2,1H3. The molecule has 4 nitrogen and oxygen atoms in total. The predicted octanol–water partition coefficient (Wildman–Crippen LogP) is 2.71. The summed E-state index contributed by atoms with van der Waals surface area (Å²) in [4.78, 5) is 13.7. The van der Waals surface area contributed by atoms with E-state index < -0.39 is 0 Å². The highest BCUT2D eigenvalue weighted by atomic mass is 35.5. The van der Waals surface area contributed by atoms with Gasteiger partial charge >= 0.3 is 0 Å². The first-order chi connectivity index (χ1) is 9.28. The Labute approximate surface area is 121 Å². The second-order valence-corrected chi connectivity index (χ2v) is 6.16. The molecule has 6 heteroatoms. The van der Waals surface area contributed by atoms with Gasteiger partial charge in [-0.05, 0) is 25.5 Å². The number of aromatic nitrogens is 2. The molecular formula is C13H17ClN4S. The molecule has 0 aromatic carbocycles. The van der Waals surface area contributed by atoms with Gasteiger partial charge in [0.05, 0.1) is 0 Å². The third-order valence-electron chi connectivity index (χ3n) is 3.36. The zero-order valence-electron chi connectivity index (χ0n) is 10.9. The number of nitrogens with one attached hydrogen (secondary N) is 1. The normalized spacial score (nSPS) is 16.8. The number of halogens is 1. The van der Waals surface area contributed by atoms with Gasteiger partial charge in [-0.25, -0.2) is 9.97 Å². The fourth-order valence-electron chi connectivity index (χ4n) is 2.29. The van der Waals surface area contributed by atoms with E-state index >= 15 is 0 Å². The van der Waals surface area contributed by atoms with Gasteiger partial charge < -0.3 is 10.2 Å². The molecule has 2 aromatic rings. The van der Waals surface area contributed by atoms with E-state index in [-0.39, 0.29) is 0 Å². The molecule has 0 unspecified atom stereocenters. The summed E-state index contributed by atoms with van der Waals surface area (Å²) in [5.74, 6) is 0.769. The van der Waals surface area contributed by atoms with Crippen LogP contribution in [0.25, 0.3) is 10.2 Å². The number of fused-ring (bicyclic) bond motifs is 1. The van der Waals surface area contributed by atoms with Gasteiger partial charge in [0.25, 0.3) is 0 Å². The van der Waals surface area contributed by atoms with Crippen LogP contribution in [0.15, 0.2) is 6.07 Å². The van der Waals surface area contributed by atoms with Crippen molar-refractivity contribution in [2.24, 2.45) is 0 Å². The van der Waals surface area contributed by atoms with E-state index in [2.05, 4.69) is 28.2 Å². The van der Waals surface area contributed by atoms with Crippen LogP contribution in [0.2, 0.25) is 5.15 Å². The number of anilines is 1. The molecule has 1 saturated heterocycles. The molecule has 0 bridgehead atoms. The molecule has 0 spiro atoms. The maximum Gasteiger partial charge on any atom is 0.228 e. The average molecular weight is 297 g/mol. The van der Waals surface area contributed by atoms with Gasteiger partial charge in [-0.2, -0.15) is 0 Å². The predicted molar refractivity (Wildman–Crippen MR) is 81.5 cm³/mol. The molecule has 0 saturated carbocycles. The van der Waals surface area contributed by atoms with Crippen molar-refractivity contribution < 1.29 is 0 Å². The molecule has 1 aliphatic heterocycles. The van der Waals surface area contributed by atoms with E-state index in [1.807, 2.05) is 0 Å². The molecule has 0 aliphatic carbocycles. The molecule has 0 radical (unpaired) electrons. The lowest BCUT2D eigenvalue weighted by molar-refractivity contribution is 0.724. The second-order valence-electron chi connectivity index (χ2n) is 4.69. The van der Waals surface area contributed by atoms with Gasteiger partial charge in [0, 0.05) is 29.9 Å². The van der Waals surface area contributed by atoms with Gasteiger partial charge in [-0.3, -0.25) is 0 Å². The lowest BCUT2D eigenvalue weighted by Gasteiger charge is -2.19. The van der Waals surface area contributed by atoms with Gasteiger partial charge in [0.15, 0.2) is 0 Å². The van der Waals surface area contributed by atoms with Crippen molar-refractivity contribution in [3.8, 4) is 0 Å². The molecule has 0 atom stereocenters. The maximum absolute atomic E-state index is 6.31. The van der Waals surface area contributed by atoms with Crippen molar-refractivity contribution in [1.29, 1.82) is 0 Å². The van der Waals surface area contributed by atoms with Crippen molar-refractivity contribution in [2.75, 3.05) is 31.1 Å². The molecule has 1 N–H and O–H groups in total. The van der Waals surface area contributed by atoms with E-state index in [0.29, 0.717) is 5.15 Å². The molecule has 3 heterocycles. The summed E-state index contributed by atoms with van der Waals surface area (Å²) in [5, 5.41) is 4.95. The molecule has 1 aliphatic rings. The molecule has 0 amide bonds. The number of rotatable bonds is 2. The zero-order valence-corrected chi connectivity index (χ0v) is 12.5. The summed E-state index contributed by atoms with van der Waals surface area (Å²) in [6.07, 6.45) is 2.13. The van der Waals surface area contributed by atoms with E-state index in [1.54, 1.807) is 11.3 Å². The zero-order chi connectivity index (χ0) is 13.2. The highest BCUT2D eigenvalue weighted by molar-refractivity contribution is 7.18. The van der Waals surface area contributed by atoms with Gasteiger partial charge in [0.2, 0.25) is 5.95 Å². The fraction of sp³-hybridized carbons (Fsp3) is 0.538. The van der Waals surface area contributed by atoms with Crippen molar-refractivity contribution in [3.05, 3.63) is 16.1 Å². The van der Waals surface area contributed by atoms with E-state index in [4.69, 9.17) is 16.6 Å². The van der Waals surface area contributed by atoms with Crippen LogP contribution in [-0.2, 0) is 6.42 Å². The minimum absolute atomic E-state index is 0.577. The summed E-state index contributed by atoms with van der Waals surface area (Å²) in [5.41, 5.74) is 0. The molecule has 3 rings (SSSR count). The quantitative estimate of drug-likeness (QED) is 0.865. The first-order valence-electron chi connectivity index (χ1n) is 6.69. The number of hydrogen-bond donors (Lipinski definition) is 1. The molecular weight excluding hydrogens is 280 g/mol. The first-order valence-corrected chi connectivity index (χ1v) is 7.89. The maximum atomic E-state index is 6.31. The minimum atomic E-state index is 0.577. The van der Waals surface area contributed by atoms with Crippen LogP contribution in [0.5, 0.6) is 0 Å². The molecule has 1 fully saturated rings. The number of nitrogens with zero attached hydrogens (tertiary/aromatic N) is 3. The molecule has 19 heavy (non-hydrogen) atoms. The molecule has 2 aromatic heterocycles. The lowest BCUT2D eigenvalue weighted by Crippen LogP contribution is -2.29. The van der Waals surface area contributed by atoms with Gasteiger partial charge in [-0.1, -0.05) is 18.5 Å². The summed E-state index contributed by atoms with van der Waals surface area (Å²) < 4.78 is 0. The van der Waals surface area contributed by atoms with Crippen LogP contribution in [0.3, 0.4) is 0 Å². The van der Waals surface area contributed by atoms with E-state index in [1.165, 1.54) is 4.88 Å². The Morgan fingerprint density at radius 2 is 2.26 bits per heavy atom. The van der Waals surface area contributed by atoms with Crippen molar-refractivity contribution >= 4 is 39.1 Å². The monoisotopic (exact) mass is 296 g/mol. The van der Waals surface area contributed by atoms with E-state index in [0.717, 1.165) is 55.2 Å². The third kappa shape index (κ3) is 2.68. The SMILES string of the molecule is CCc1cc2c(Cl)nc(N3CCCNCC3)nc2s1. The van der Waals surface area contributed by atoms with Crippen LogP contribution in [0, 0.1) is 0 Å². The smallest absolute Gasteiger partial charge is 0.228 e. The second kappa shape index (κ2) is 5.61. The van der Waals surface area contributed by atoms with Crippen LogP contribution < -0.4 is 10.2 Å². The Hall–Kier alpha value is -0.910. The number of thiophene rings is 1. The Balaban J connectivity index is 1.99. The minimum Gasteiger partial charge on any atom is -0.339 e. The van der Waals surface area contributed by atoms with Crippen LogP contribution in [0.1, 0.15) is 18.2 Å². The van der Waals surface area contributed by atoms with E-state index in [9.17, 15) is 0 Å². The van der Waals surface area contributed by atoms with Gasteiger partial charge in [0.1, 0.15) is 9.98 Å². The Bertz CT molecular complexity index is 575. The van der Waals surface area contributed by atoms with Crippen molar-refractivity contribution in [2.45, 2.75) is 19.8 Å². The Morgan fingerprint density at radius 1 is 1.37 bits per heavy atom. The van der Waals surface area contributed by atoms with Crippen LogP contribution in [-0.4, -0.2) is 36.1 Å². The number of aryl methyl sites for hydroxylation is 1. The van der Waals surface area contributed by atoms with Gasteiger partial charge in [-0.15, -0.1) is 11.3 Å². The summed E-state index contributed by atoms with van der Waals surface area (Å²) in [7, 11) is 0. The summed E-state index contributed by atoms with van der Waals surface area (Å²) in [6.45, 7) is 6.11. The highest BCUT2D eigenvalue weighted by Crippen LogP contribution is 2.30. The fourth-order valence-corrected chi connectivity index (χ4v) is 3.53.